The molecule has 1 saturated heterocycles. The maximum absolute atomic E-state index is 3.65. The van der Waals surface area contributed by atoms with E-state index in [1.54, 1.807) is 0 Å². The van der Waals surface area contributed by atoms with Crippen molar-refractivity contribution in [2.45, 2.75) is 26.3 Å². The Hall–Kier alpha value is -1.80. The molecule has 1 unspecified atom stereocenters. The Morgan fingerprint density at radius 2 is 1.86 bits per heavy atom. The minimum absolute atomic E-state index is 0.530. The second-order valence-corrected chi connectivity index (χ2v) is 6.06. The van der Waals surface area contributed by atoms with Gasteiger partial charge in [0.2, 0.25) is 0 Å². The molecule has 1 aliphatic heterocycles. The molecule has 2 aromatic rings. The van der Waals surface area contributed by atoms with E-state index >= 15 is 0 Å². The van der Waals surface area contributed by atoms with Crippen molar-refractivity contribution in [1.82, 2.24) is 5.32 Å². The van der Waals surface area contributed by atoms with Crippen LogP contribution >= 0.6 is 0 Å². The molecule has 2 nitrogen and oxygen atoms in total. The van der Waals surface area contributed by atoms with Crippen LogP contribution in [0.25, 0.3) is 0 Å². The zero-order valence-corrected chi connectivity index (χ0v) is 13.0. The number of nitrogens with zero attached hydrogens (tertiary/aromatic N) is 1. The van der Waals surface area contributed by atoms with Gasteiger partial charge >= 0.3 is 0 Å². The highest BCUT2D eigenvalue weighted by Gasteiger charge is 2.19. The quantitative estimate of drug-likeness (QED) is 0.928. The fraction of sp³-hybridized carbons (Fsp3) is 0.368. The van der Waals surface area contributed by atoms with Gasteiger partial charge in [-0.05, 0) is 49.1 Å². The van der Waals surface area contributed by atoms with Gasteiger partial charge in [-0.15, -0.1) is 0 Å². The van der Waals surface area contributed by atoms with Crippen molar-refractivity contribution in [3.8, 4) is 0 Å². The molecule has 0 spiro atoms. The van der Waals surface area contributed by atoms with Gasteiger partial charge in [0.25, 0.3) is 0 Å². The van der Waals surface area contributed by atoms with Crippen molar-refractivity contribution in [2.75, 3.05) is 24.5 Å². The average Bonchev–Trinajstić information content (AvgIpc) is 2.51. The van der Waals surface area contributed by atoms with E-state index in [1.807, 2.05) is 0 Å². The van der Waals surface area contributed by atoms with Crippen LogP contribution < -0.4 is 10.2 Å². The molecule has 0 aromatic heterocycles. The first kappa shape index (κ1) is 14.2. The second kappa shape index (κ2) is 6.31. The molecular weight excluding hydrogens is 256 g/mol. The van der Waals surface area contributed by atoms with E-state index in [2.05, 4.69) is 72.6 Å². The Kier molecular flexibility index (Phi) is 4.26. The van der Waals surface area contributed by atoms with Crippen molar-refractivity contribution < 1.29 is 0 Å². The Morgan fingerprint density at radius 1 is 1.05 bits per heavy atom. The van der Waals surface area contributed by atoms with E-state index in [1.165, 1.54) is 22.4 Å². The number of nitrogens with one attached hydrogen (secondary N) is 1. The second-order valence-electron chi connectivity index (χ2n) is 6.06. The number of aryl methyl sites for hydroxylation is 2. The van der Waals surface area contributed by atoms with Crippen LogP contribution in [0.5, 0.6) is 0 Å². The molecular formula is C19H24N2. The highest BCUT2D eigenvalue weighted by Crippen LogP contribution is 2.20. The molecule has 1 N–H and O–H groups in total. The third-order valence-electron chi connectivity index (χ3n) is 4.44. The van der Waals surface area contributed by atoms with Crippen LogP contribution in [0.1, 0.15) is 16.7 Å². The SMILES string of the molecule is Cc1ccc(N2CCNC(Cc3ccccc3)C2)cc1C. The Morgan fingerprint density at radius 3 is 2.62 bits per heavy atom. The number of piperazine rings is 1. The topological polar surface area (TPSA) is 15.3 Å². The van der Waals surface area contributed by atoms with Gasteiger partial charge in [-0.2, -0.15) is 0 Å². The predicted octanol–water partition coefficient (Wildman–Crippen LogP) is 3.32. The van der Waals surface area contributed by atoms with Crippen LogP contribution in [0.4, 0.5) is 5.69 Å². The Labute approximate surface area is 127 Å². The van der Waals surface area contributed by atoms with Crippen molar-refractivity contribution in [3.05, 3.63) is 65.2 Å². The number of hydrogen-bond acceptors (Lipinski definition) is 2. The molecule has 1 atom stereocenters. The molecule has 1 fully saturated rings. The molecule has 2 heteroatoms. The molecule has 2 aromatic carbocycles. The zero-order valence-electron chi connectivity index (χ0n) is 13.0. The van der Waals surface area contributed by atoms with E-state index in [0.29, 0.717) is 6.04 Å². The summed E-state index contributed by atoms with van der Waals surface area (Å²) in [6.07, 6.45) is 1.10. The maximum Gasteiger partial charge on any atom is 0.0370 e. The molecule has 1 heterocycles. The molecule has 0 saturated carbocycles. The van der Waals surface area contributed by atoms with Gasteiger partial charge < -0.3 is 10.2 Å². The summed E-state index contributed by atoms with van der Waals surface area (Å²) < 4.78 is 0. The molecule has 110 valence electrons. The summed E-state index contributed by atoms with van der Waals surface area (Å²) in [7, 11) is 0. The normalized spacial score (nSPS) is 18.8. The summed E-state index contributed by atoms with van der Waals surface area (Å²) in [5.41, 5.74) is 5.52. The summed E-state index contributed by atoms with van der Waals surface area (Å²) in [6, 6.07) is 18.1. The van der Waals surface area contributed by atoms with Crippen molar-refractivity contribution in [3.63, 3.8) is 0 Å². The van der Waals surface area contributed by atoms with E-state index in [0.717, 1.165) is 26.1 Å². The first-order valence-electron chi connectivity index (χ1n) is 7.82. The molecule has 0 radical (unpaired) electrons. The summed E-state index contributed by atoms with van der Waals surface area (Å²) in [4.78, 5) is 2.51. The van der Waals surface area contributed by atoms with Crippen LogP contribution in [-0.4, -0.2) is 25.7 Å². The molecule has 3 rings (SSSR count). The summed E-state index contributed by atoms with van der Waals surface area (Å²) in [5.74, 6) is 0. The lowest BCUT2D eigenvalue weighted by molar-refractivity contribution is 0.454. The standard InChI is InChI=1S/C19H24N2/c1-15-8-9-19(12-16(15)2)21-11-10-20-18(14-21)13-17-6-4-3-5-7-17/h3-9,12,18,20H,10-11,13-14H2,1-2H3. The molecule has 21 heavy (non-hydrogen) atoms. The van der Waals surface area contributed by atoms with Gasteiger partial charge in [0.15, 0.2) is 0 Å². The smallest absolute Gasteiger partial charge is 0.0370 e. The number of benzene rings is 2. The van der Waals surface area contributed by atoms with Gasteiger partial charge in [0.1, 0.15) is 0 Å². The number of rotatable bonds is 3. The third kappa shape index (κ3) is 3.45. The van der Waals surface area contributed by atoms with Crippen LogP contribution in [0, 0.1) is 13.8 Å². The fourth-order valence-corrected chi connectivity index (χ4v) is 3.02. The van der Waals surface area contributed by atoms with E-state index in [9.17, 15) is 0 Å². The average molecular weight is 280 g/mol. The Balaban J connectivity index is 1.69. The number of hydrogen-bond donors (Lipinski definition) is 1. The Bertz CT molecular complexity index is 592. The van der Waals surface area contributed by atoms with Crippen LogP contribution in [0.2, 0.25) is 0 Å². The van der Waals surface area contributed by atoms with Gasteiger partial charge in [-0.3, -0.25) is 0 Å². The minimum Gasteiger partial charge on any atom is -0.369 e. The van der Waals surface area contributed by atoms with Crippen LogP contribution in [0.15, 0.2) is 48.5 Å². The van der Waals surface area contributed by atoms with Gasteiger partial charge in [-0.25, -0.2) is 0 Å². The largest absolute Gasteiger partial charge is 0.369 e. The molecule has 1 aliphatic rings. The maximum atomic E-state index is 3.65. The lowest BCUT2D eigenvalue weighted by Crippen LogP contribution is -2.51. The lowest BCUT2D eigenvalue weighted by Gasteiger charge is -2.35. The lowest BCUT2D eigenvalue weighted by atomic mass is 10.0. The van der Waals surface area contributed by atoms with Gasteiger partial charge in [0.05, 0.1) is 0 Å². The highest BCUT2D eigenvalue weighted by atomic mass is 15.2. The number of anilines is 1. The van der Waals surface area contributed by atoms with Crippen LogP contribution in [-0.2, 0) is 6.42 Å². The monoisotopic (exact) mass is 280 g/mol. The predicted molar refractivity (Wildman–Crippen MR) is 90.1 cm³/mol. The molecule has 0 bridgehead atoms. The van der Waals surface area contributed by atoms with Gasteiger partial charge in [0, 0.05) is 31.4 Å². The first-order valence-corrected chi connectivity index (χ1v) is 7.82. The molecule has 0 amide bonds. The highest BCUT2D eigenvalue weighted by molar-refractivity contribution is 5.51. The van der Waals surface area contributed by atoms with Crippen molar-refractivity contribution in [2.24, 2.45) is 0 Å². The molecule has 0 aliphatic carbocycles. The summed E-state index contributed by atoms with van der Waals surface area (Å²) >= 11 is 0. The first-order chi connectivity index (χ1) is 10.2. The third-order valence-corrected chi connectivity index (χ3v) is 4.44. The van der Waals surface area contributed by atoms with Crippen molar-refractivity contribution in [1.29, 1.82) is 0 Å². The summed E-state index contributed by atoms with van der Waals surface area (Å²) in [5, 5.41) is 3.65. The van der Waals surface area contributed by atoms with Crippen LogP contribution in [0.3, 0.4) is 0 Å². The van der Waals surface area contributed by atoms with E-state index in [4.69, 9.17) is 0 Å². The summed E-state index contributed by atoms with van der Waals surface area (Å²) in [6.45, 7) is 7.60. The zero-order chi connectivity index (χ0) is 14.7. The van der Waals surface area contributed by atoms with E-state index < -0.39 is 0 Å². The van der Waals surface area contributed by atoms with Crippen molar-refractivity contribution >= 4 is 5.69 Å². The minimum atomic E-state index is 0.530. The van der Waals surface area contributed by atoms with E-state index in [-0.39, 0.29) is 0 Å². The van der Waals surface area contributed by atoms with Gasteiger partial charge in [-0.1, -0.05) is 36.4 Å². The fourth-order valence-electron chi connectivity index (χ4n) is 3.02.